The molecule has 1 aliphatic heterocycles. The number of carbonyl (C=O) groups excluding carboxylic acids is 1. The van der Waals surface area contributed by atoms with Gasteiger partial charge in [0, 0.05) is 42.0 Å². The highest BCUT2D eigenvalue weighted by atomic mass is 19.1. The molecular weight excluding hydrogens is 567 g/mol. The van der Waals surface area contributed by atoms with Crippen LogP contribution in [0.2, 0.25) is 0 Å². The molecule has 6 rings (SSSR count). The van der Waals surface area contributed by atoms with Crippen LogP contribution in [0.5, 0.6) is 23.1 Å². The molecule has 2 aromatic carbocycles. The monoisotopic (exact) mass is 598 g/mol. The minimum absolute atomic E-state index is 0.116. The predicted octanol–water partition coefficient (Wildman–Crippen LogP) is 5.42. The van der Waals surface area contributed by atoms with E-state index in [-0.39, 0.29) is 11.7 Å². The second kappa shape index (κ2) is 12.1. The zero-order valence-electron chi connectivity index (χ0n) is 24.7. The quantitative estimate of drug-likeness (QED) is 0.212. The van der Waals surface area contributed by atoms with Gasteiger partial charge in [0.15, 0.2) is 5.83 Å². The molecule has 0 radical (unpaired) electrons. The lowest BCUT2D eigenvalue weighted by Crippen LogP contribution is -2.24. The average Bonchev–Trinajstić information content (AvgIpc) is 3.66. The van der Waals surface area contributed by atoms with E-state index < -0.39 is 11.7 Å². The number of nitrogens with one attached hydrogen (secondary N) is 2. The first kappa shape index (κ1) is 28.8. The van der Waals surface area contributed by atoms with E-state index in [1.807, 2.05) is 24.9 Å². The van der Waals surface area contributed by atoms with Crippen molar-refractivity contribution in [3.8, 4) is 23.1 Å². The van der Waals surface area contributed by atoms with E-state index >= 15 is 0 Å². The molecule has 1 amide bonds. The van der Waals surface area contributed by atoms with Gasteiger partial charge in [-0.15, -0.1) is 0 Å². The fraction of sp³-hybridized carbons (Fsp3) is 0.258. The lowest BCUT2D eigenvalue weighted by atomic mass is 10.1. The Kier molecular flexibility index (Phi) is 7.94. The number of nitrogens with zero attached hydrogens (tertiary/aromatic N) is 6. The van der Waals surface area contributed by atoms with Crippen molar-refractivity contribution in [3.05, 3.63) is 72.8 Å². The molecule has 0 bridgehead atoms. The zero-order valence-corrected chi connectivity index (χ0v) is 24.7. The van der Waals surface area contributed by atoms with Crippen LogP contribution in [-0.2, 0) is 4.79 Å². The molecule has 0 spiro atoms. The van der Waals surface area contributed by atoms with Crippen LogP contribution in [0, 0.1) is 6.92 Å². The van der Waals surface area contributed by atoms with Gasteiger partial charge >= 0.3 is 0 Å². The molecule has 13 heteroatoms. The first-order valence-electron chi connectivity index (χ1n) is 14.0. The minimum Gasteiger partial charge on any atom is -0.494 e. The fourth-order valence-electron chi connectivity index (χ4n) is 5.17. The lowest BCUT2D eigenvalue weighted by molar-refractivity contribution is -0.114. The Morgan fingerprint density at radius 2 is 1.84 bits per heavy atom. The average molecular weight is 599 g/mol. The van der Waals surface area contributed by atoms with Gasteiger partial charge in [-0.25, -0.2) is 24.3 Å². The molecule has 1 atom stereocenters. The number of amides is 1. The number of fused-ring (bicyclic) bond motifs is 2. The summed E-state index contributed by atoms with van der Waals surface area (Å²) in [6.07, 6.45) is 9.65. The van der Waals surface area contributed by atoms with Crippen LogP contribution in [0.4, 0.5) is 21.6 Å². The third-order valence-corrected chi connectivity index (χ3v) is 7.56. The molecule has 3 aromatic heterocycles. The highest BCUT2D eigenvalue weighted by Gasteiger charge is 2.22. The second-order valence-corrected chi connectivity index (χ2v) is 10.4. The number of benzene rings is 2. The van der Waals surface area contributed by atoms with E-state index in [4.69, 9.17) is 14.2 Å². The number of aromatic nitrogens is 5. The number of rotatable bonds is 9. The third-order valence-electron chi connectivity index (χ3n) is 7.56. The van der Waals surface area contributed by atoms with Crippen LogP contribution >= 0.6 is 0 Å². The normalized spacial score (nSPS) is 15.5. The maximum Gasteiger partial charge on any atom is 0.284 e. The van der Waals surface area contributed by atoms with E-state index in [0.29, 0.717) is 51.2 Å². The molecule has 12 nitrogen and oxygen atoms in total. The fourth-order valence-corrected chi connectivity index (χ4v) is 5.17. The summed E-state index contributed by atoms with van der Waals surface area (Å²) in [5.74, 6) is 0.497. The smallest absolute Gasteiger partial charge is 0.284 e. The van der Waals surface area contributed by atoms with Crippen molar-refractivity contribution in [1.82, 2.24) is 29.2 Å². The van der Waals surface area contributed by atoms with Crippen molar-refractivity contribution in [2.75, 3.05) is 38.4 Å². The van der Waals surface area contributed by atoms with Crippen LogP contribution in [0.1, 0.15) is 18.4 Å². The van der Waals surface area contributed by atoms with Gasteiger partial charge in [-0.05, 0) is 57.1 Å². The Labute approximate surface area is 252 Å². The molecule has 2 N–H and O–H groups in total. The Morgan fingerprint density at radius 3 is 2.61 bits per heavy atom. The van der Waals surface area contributed by atoms with Gasteiger partial charge in [0.25, 0.3) is 5.91 Å². The molecule has 1 fully saturated rings. The number of anilines is 3. The van der Waals surface area contributed by atoms with E-state index in [9.17, 15) is 9.18 Å². The molecule has 4 heterocycles. The molecule has 1 aliphatic rings. The van der Waals surface area contributed by atoms with Crippen molar-refractivity contribution in [1.29, 1.82) is 0 Å². The molecule has 0 aliphatic carbocycles. The molecule has 0 unspecified atom stereocenters. The maximum atomic E-state index is 14.9. The minimum atomic E-state index is -0.858. The molecule has 1 saturated heterocycles. The highest BCUT2D eigenvalue weighted by Crippen LogP contribution is 2.38. The van der Waals surface area contributed by atoms with E-state index in [1.54, 1.807) is 54.5 Å². The van der Waals surface area contributed by atoms with Gasteiger partial charge in [-0.3, -0.25) is 14.1 Å². The van der Waals surface area contributed by atoms with Crippen molar-refractivity contribution >= 4 is 39.6 Å². The van der Waals surface area contributed by atoms with Crippen molar-refractivity contribution in [2.24, 2.45) is 0 Å². The van der Waals surface area contributed by atoms with Gasteiger partial charge in [0.2, 0.25) is 5.88 Å². The number of ether oxygens (including phenoxy) is 3. The molecule has 0 saturated carbocycles. The van der Waals surface area contributed by atoms with E-state index in [2.05, 4.69) is 30.6 Å². The van der Waals surface area contributed by atoms with Crippen LogP contribution < -0.4 is 24.8 Å². The Morgan fingerprint density at radius 1 is 1.02 bits per heavy atom. The third kappa shape index (κ3) is 5.81. The van der Waals surface area contributed by atoms with Gasteiger partial charge in [-0.1, -0.05) is 0 Å². The second-order valence-electron chi connectivity index (χ2n) is 10.4. The van der Waals surface area contributed by atoms with Crippen molar-refractivity contribution < 1.29 is 23.4 Å². The largest absolute Gasteiger partial charge is 0.494 e. The number of likely N-dealkylation sites (N-methyl/N-ethyl adjacent to an activating group) is 1. The Bertz CT molecular complexity index is 1890. The van der Waals surface area contributed by atoms with Crippen LogP contribution in [0.3, 0.4) is 0 Å². The van der Waals surface area contributed by atoms with Crippen molar-refractivity contribution in [3.63, 3.8) is 0 Å². The Hall–Kier alpha value is -5.30. The zero-order chi connectivity index (χ0) is 30.8. The molecule has 226 valence electrons. The molecule has 44 heavy (non-hydrogen) atoms. The van der Waals surface area contributed by atoms with Crippen molar-refractivity contribution in [2.45, 2.75) is 25.8 Å². The standard InChI is InChI=1S/C31H31FN8O4/c1-18-10-23(27(43-4)14-25(18)44-29-15-28-33-7-9-40(28)17-36-29)37-30-20-12-24(26(42-3)13-22(20)34-16-35-30)38-31(41)21(32)11-19-6-5-8-39(19)2/h7,9-17,19H,5-6,8H2,1-4H3,(H,38,41)(H,34,35,37)/b21-11+/t19-/m1/s1. The summed E-state index contributed by atoms with van der Waals surface area (Å²) in [5.41, 5.74) is 2.96. The summed E-state index contributed by atoms with van der Waals surface area (Å²) in [6.45, 7) is 2.76. The number of likely N-dealkylation sites (tertiary alicyclic amines) is 1. The summed E-state index contributed by atoms with van der Waals surface area (Å²) < 4.78 is 33.9. The van der Waals surface area contributed by atoms with Gasteiger partial charge in [0.1, 0.15) is 41.4 Å². The van der Waals surface area contributed by atoms with Crippen LogP contribution in [-0.4, -0.2) is 69.0 Å². The molecular formula is C31H31FN8O4. The number of carbonyl (C=O) groups is 1. The summed E-state index contributed by atoms with van der Waals surface area (Å²) in [5, 5.41) is 6.52. The maximum absolute atomic E-state index is 14.9. The van der Waals surface area contributed by atoms with Gasteiger partial charge < -0.3 is 24.8 Å². The number of aryl methyl sites for hydroxylation is 1. The number of halogens is 1. The summed E-state index contributed by atoms with van der Waals surface area (Å²) in [7, 11) is 4.93. The predicted molar refractivity (Wildman–Crippen MR) is 164 cm³/mol. The summed E-state index contributed by atoms with van der Waals surface area (Å²) in [4.78, 5) is 32.2. The number of hydrogen-bond acceptors (Lipinski definition) is 10. The van der Waals surface area contributed by atoms with Crippen LogP contribution in [0.25, 0.3) is 16.6 Å². The van der Waals surface area contributed by atoms with Crippen LogP contribution in [0.15, 0.2) is 67.3 Å². The lowest BCUT2D eigenvalue weighted by Gasteiger charge is -2.17. The first-order chi connectivity index (χ1) is 21.3. The number of methoxy groups -OCH3 is 2. The van der Waals surface area contributed by atoms with Gasteiger partial charge in [0.05, 0.1) is 31.1 Å². The summed E-state index contributed by atoms with van der Waals surface area (Å²) >= 11 is 0. The highest BCUT2D eigenvalue weighted by molar-refractivity contribution is 6.05. The van der Waals surface area contributed by atoms with E-state index in [0.717, 1.165) is 24.9 Å². The SMILES string of the molecule is COc1cc2ncnc(Nc3cc(C)c(Oc4cc5nccn5cn4)cc3OC)c2cc1NC(=O)/C(F)=C\[C@H]1CCCN1C. The Balaban J connectivity index is 1.28. The summed E-state index contributed by atoms with van der Waals surface area (Å²) in [6, 6.07) is 8.55. The first-order valence-corrected chi connectivity index (χ1v) is 14.0. The number of imidazole rings is 1. The van der Waals surface area contributed by atoms with E-state index in [1.165, 1.54) is 19.5 Å². The van der Waals surface area contributed by atoms with Gasteiger partial charge in [-0.2, -0.15) is 0 Å². The molecule has 5 aromatic rings. The topological polar surface area (TPSA) is 128 Å². The number of hydrogen-bond donors (Lipinski definition) is 2.